The van der Waals surface area contributed by atoms with E-state index in [0.717, 1.165) is 17.5 Å². The highest BCUT2D eigenvalue weighted by atomic mass is 15.0. The van der Waals surface area contributed by atoms with Crippen molar-refractivity contribution in [1.82, 2.24) is 9.38 Å². The molecular weight excluding hydrogens is 220 g/mol. The maximum Gasteiger partial charge on any atom is 0.139 e. The number of rotatable bonds is 1. The maximum atomic E-state index is 4.44. The third kappa shape index (κ3) is 1.66. The van der Waals surface area contributed by atoms with Gasteiger partial charge in [0.25, 0.3) is 0 Å². The minimum Gasteiger partial charge on any atom is -0.304 e. The fourth-order valence-electron chi connectivity index (χ4n) is 3.36. The molecule has 2 heteroatoms. The second-order valence-electron chi connectivity index (χ2n) is 5.33. The molecule has 1 fully saturated rings. The predicted molar refractivity (Wildman–Crippen MR) is 75.1 cm³/mol. The van der Waals surface area contributed by atoms with Crippen molar-refractivity contribution in [2.24, 2.45) is 5.92 Å². The summed E-state index contributed by atoms with van der Waals surface area (Å²) in [6.07, 6.45) is 9.54. The Bertz CT molecular complexity index is 564. The van der Waals surface area contributed by atoms with Gasteiger partial charge in [-0.2, -0.15) is 0 Å². The maximum absolute atomic E-state index is 4.44. The van der Waals surface area contributed by atoms with E-state index in [1.807, 2.05) is 20.0 Å². The van der Waals surface area contributed by atoms with Gasteiger partial charge < -0.3 is 4.40 Å². The van der Waals surface area contributed by atoms with Gasteiger partial charge in [0.15, 0.2) is 0 Å². The van der Waals surface area contributed by atoms with Crippen molar-refractivity contribution >= 4 is 5.65 Å². The summed E-state index contributed by atoms with van der Waals surface area (Å²) in [7, 11) is 0. The molecule has 0 bridgehead atoms. The van der Waals surface area contributed by atoms with Gasteiger partial charge in [-0.25, -0.2) is 4.98 Å². The van der Waals surface area contributed by atoms with Crippen molar-refractivity contribution in [3.8, 4) is 0 Å². The SMILES string of the molecule is CC.Cc1cc2c(n3ccnc13)CCC2C1CC1. The third-order valence-corrected chi connectivity index (χ3v) is 4.27. The Kier molecular flexibility index (Phi) is 2.89. The summed E-state index contributed by atoms with van der Waals surface area (Å²) in [5, 5.41) is 0. The molecule has 1 saturated carbocycles. The first-order valence-corrected chi connectivity index (χ1v) is 7.30. The van der Waals surface area contributed by atoms with Crippen LogP contribution in [-0.2, 0) is 6.42 Å². The van der Waals surface area contributed by atoms with Gasteiger partial charge in [-0.05, 0) is 55.6 Å². The zero-order valence-corrected chi connectivity index (χ0v) is 11.6. The van der Waals surface area contributed by atoms with Gasteiger partial charge in [-0.3, -0.25) is 0 Å². The van der Waals surface area contributed by atoms with Crippen molar-refractivity contribution in [2.45, 2.75) is 52.4 Å². The second-order valence-corrected chi connectivity index (χ2v) is 5.33. The van der Waals surface area contributed by atoms with Crippen molar-refractivity contribution in [3.63, 3.8) is 0 Å². The van der Waals surface area contributed by atoms with Gasteiger partial charge in [0, 0.05) is 18.1 Å². The largest absolute Gasteiger partial charge is 0.304 e. The summed E-state index contributed by atoms with van der Waals surface area (Å²) >= 11 is 0. The minimum absolute atomic E-state index is 0.848. The van der Waals surface area contributed by atoms with Gasteiger partial charge in [0.2, 0.25) is 0 Å². The molecule has 2 aliphatic rings. The lowest BCUT2D eigenvalue weighted by molar-refractivity contribution is 0.600. The molecule has 1 unspecified atom stereocenters. The summed E-state index contributed by atoms with van der Waals surface area (Å²) < 4.78 is 2.31. The Morgan fingerprint density at radius 2 is 2.00 bits per heavy atom. The summed E-state index contributed by atoms with van der Waals surface area (Å²) in [6.45, 7) is 6.19. The average Bonchev–Trinajstić information content (AvgIpc) is 2.96. The molecule has 4 rings (SSSR count). The van der Waals surface area contributed by atoms with Crippen LogP contribution in [-0.4, -0.2) is 9.38 Å². The van der Waals surface area contributed by atoms with E-state index in [4.69, 9.17) is 0 Å². The number of pyridine rings is 1. The van der Waals surface area contributed by atoms with E-state index in [2.05, 4.69) is 28.6 Å². The lowest BCUT2D eigenvalue weighted by atomic mass is 9.96. The molecule has 0 amide bonds. The van der Waals surface area contributed by atoms with Crippen LogP contribution in [0.4, 0.5) is 0 Å². The number of fused-ring (bicyclic) bond motifs is 3. The van der Waals surface area contributed by atoms with Crippen LogP contribution in [0.15, 0.2) is 18.5 Å². The third-order valence-electron chi connectivity index (χ3n) is 4.27. The molecule has 0 aromatic carbocycles. The molecule has 0 saturated heterocycles. The Morgan fingerprint density at radius 3 is 2.72 bits per heavy atom. The zero-order valence-electron chi connectivity index (χ0n) is 11.6. The topological polar surface area (TPSA) is 17.3 Å². The molecule has 0 N–H and O–H groups in total. The Labute approximate surface area is 109 Å². The molecule has 0 radical (unpaired) electrons. The monoisotopic (exact) mass is 242 g/mol. The molecule has 2 aromatic rings. The van der Waals surface area contributed by atoms with Crippen LogP contribution in [0.1, 0.15) is 55.8 Å². The highest BCUT2D eigenvalue weighted by molar-refractivity contribution is 5.53. The van der Waals surface area contributed by atoms with E-state index in [9.17, 15) is 0 Å². The van der Waals surface area contributed by atoms with Gasteiger partial charge in [-0.15, -0.1) is 0 Å². The van der Waals surface area contributed by atoms with Crippen LogP contribution in [0.25, 0.3) is 5.65 Å². The molecule has 1 atom stereocenters. The molecular formula is C16H22N2. The van der Waals surface area contributed by atoms with Gasteiger partial charge in [-0.1, -0.05) is 19.9 Å². The van der Waals surface area contributed by atoms with Crippen molar-refractivity contribution in [2.75, 3.05) is 0 Å². The molecule has 0 spiro atoms. The number of hydrogen-bond donors (Lipinski definition) is 0. The minimum atomic E-state index is 0.848. The zero-order chi connectivity index (χ0) is 12.7. The summed E-state index contributed by atoms with van der Waals surface area (Å²) in [4.78, 5) is 4.44. The van der Waals surface area contributed by atoms with Gasteiger partial charge in [0.05, 0.1) is 0 Å². The van der Waals surface area contributed by atoms with Crippen LogP contribution in [0, 0.1) is 12.8 Å². The Hall–Kier alpha value is -1.31. The molecule has 2 heterocycles. The molecule has 2 aromatic heterocycles. The van der Waals surface area contributed by atoms with E-state index >= 15 is 0 Å². The van der Waals surface area contributed by atoms with Gasteiger partial charge in [0.1, 0.15) is 5.65 Å². The molecule has 18 heavy (non-hydrogen) atoms. The van der Waals surface area contributed by atoms with E-state index in [0.29, 0.717) is 0 Å². The quantitative estimate of drug-likeness (QED) is 0.735. The lowest BCUT2D eigenvalue weighted by Gasteiger charge is -2.12. The van der Waals surface area contributed by atoms with E-state index < -0.39 is 0 Å². The van der Waals surface area contributed by atoms with Crippen LogP contribution in [0.2, 0.25) is 0 Å². The van der Waals surface area contributed by atoms with Crippen molar-refractivity contribution in [3.05, 3.63) is 35.3 Å². The van der Waals surface area contributed by atoms with Crippen molar-refractivity contribution < 1.29 is 0 Å². The second kappa shape index (κ2) is 4.42. The van der Waals surface area contributed by atoms with E-state index in [1.54, 1.807) is 5.56 Å². The molecule has 96 valence electrons. The van der Waals surface area contributed by atoms with Crippen LogP contribution in [0.3, 0.4) is 0 Å². The Morgan fingerprint density at radius 1 is 1.22 bits per heavy atom. The van der Waals surface area contributed by atoms with Gasteiger partial charge >= 0.3 is 0 Å². The number of nitrogens with zero attached hydrogens (tertiary/aromatic N) is 2. The van der Waals surface area contributed by atoms with Crippen LogP contribution < -0.4 is 0 Å². The van der Waals surface area contributed by atoms with E-state index in [-0.39, 0.29) is 0 Å². The standard InChI is InChI=1S/C14H16N2.C2H6/c1-9-8-12-11(10-2-3-10)4-5-13(12)16-7-6-15-14(9)16;1-2/h6-8,10-11H,2-5H2,1H3;1-2H3. The molecule has 2 nitrogen and oxygen atoms in total. The first kappa shape index (κ1) is 11.8. The first-order valence-electron chi connectivity index (χ1n) is 7.30. The van der Waals surface area contributed by atoms with Crippen LogP contribution >= 0.6 is 0 Å². The molecule has 2 aliphatic carbocycles. The predicted octanol–water partition coefficient (Wildman–Crippen LogP) is 4.11. The highest BCUT2D eigenvalue weighted by Crippen LogP contribution is 2.49. The number of imidazole rings is 1. The summed E-state index contributed by atoms with van der Waals surface area (Å²) in [5.41, 5.74) is 5.62. The smallest absolute Gasteiger partial charge is 0.139 e. The molecule has 0 aliphatic heterocycles. The number of aromatic nitrogens is 2. The normalized spacial score (nSPS) is 21.6. The summed E-state index contributed by atoms with van der Waals surface area (Å²) in [5.74, 6) is 1.84. The fourth-order valence-corrected chi connectivity index (χ4v) is 3.36. The van der Waals surface area contributed by atoms with Crippen LogP contribution in [0.5, 0.6) is 0 Å². The fraction of sp³-hybridized carbons (Fsp3) is 0.562. The van der Waals surface area contributed by atoms with E-state index in [1.165, 1.54) is 36.9 Å². The number of aryl methyl sites for hydroxylation is 2. The van der Waals surface area contributed by atoms with Crippen molar-refractivity contribution in [1.29, 1.82) is 0 Å². The highest BCUT2D eigenvalue weighted by Gasteiger charge is 2.37. The summed E-state index contributed by atoms with van der Waals surface area (Å²) in [6, 6.07) is 2.40. The average molecular weight is 242 g/mol. The lowest BCUT2D eigenvalue weighted by Crippen LogP contribution is -2.00. The Balaban J connectivity index is 0.000000478. The first-order chi connectivity index (χ1) is 8.84. The number of hydrogen-bond acceptors (Lipinski definition) is 1.